The Kier molecular flexibility index (Phi) is 4.77. The summed E-state index contributed by atoms with van der Waals surface area (Å²) >= 11 is 0. The Bertz CT molecular complexity index is 618. The third kappa shape index (κ3) is 4.21. The fourth-order valence-electron chi connectivity index (χ4n) is 2.02. The normalized spacial score (nSPS) is 10.3. The van der Waals surface area contributed by atoms with E-state index in [2.05, 4.69) is 0 Å². The van der Waals surface area contributed by atoms with Crippen LogP contribution in [0.5, 0.6) is 0 Å². The number of furan rings is 1. The van der Waals surface area contributed by atoms with Crippen LogP contribution in [0.1, 0.15) is 21.7 Å². The highest BCUT2D eigenvalue weighted by Gasteiger charge is 2.21. The molecule has 0 fully saturated rings. The summed E-state index contributed by atoms with van der Waals surface area (Å²) in [5.74, 6) is -1.28. The Labute approximate surface area is 122 Å². The minimum Gasteiger partial charge on any atom is -0.480 e. The summed E-state index contributed by atoms with van der Waals surface area (Å²) in [4.78, 5) is 24.5. The second-order valence-electron chi connectivity index (χ2n) is 4.84. The first-order valence-electron chi connectivity index (χ1n) is 6.66. The first-order chi connectivity index (χ1) is 10.1. The van der Waals surface area contributed by atoms with Crippen LogP contribution in [0.25, 0.3) is 0 Å². The molecule has 0 saturated heterocycles. The molecule has 5 heteroatoms. The molecule has 5 nitrogen and oxygen atoms in total. The summed E-state index contributed by atoms with van der Waals surface area (Å²) in [6.45, 7) is 1.80. The zero-order valence-corrected chi connectivity index (χ0v) is 11.8. The predicted octanol–water partition coefficient (Wildman–Crippen LogP) is 2.36. The molecule has 0 aliphatic carbocycles. The number of rotatable bonds is 6. The fraction of sp³-hybridized carbons (Fsp3) is 0.250. The highest BCUT2D eigenvalue weighted by molar-refractivity contribution is 5.93. The molecule has 0 spiro atoms. The number of benzene rings is 1. The Morgan fingerprint density at radius 1 is 1.24 bits per heavy atom. The maximum Gasteiger partial charge on any atom is 0.323 e. The van der Waals surface area contributed by atoms with Crippen LogP contribution < -0.4 is 0 Å². The maximum absolute atomic E-state index is 12.3. The SMILES string of the molecule is Cc1coc(C(=O)N(CCc2ccccc2)CC(=O)O)c1. The smallest absolute Gasteiger partial charge is 0.323 e. The molecule has 1 N–H and O–H groups in total. The van der Waals surface area contributed by atoms with Gasteiger partial charge in [0.05, 0.1) is 6.26 Å². The van der Waals surface area contributed by atoms with Gasteiger partial charge in [-0.2, -0.15) is 0 Å². The van der Waals surface area contributed by atoms with Crippen LogP contribution in [0, 0.1) is 6.92 Å². The molecule has 110 valence electrons. The third-order valence-electron chi connectivity index (χ3n) is 3.07. The van der Waals surface area contributed by atoms with E-state index < -0.39 is 11.9 Å². The van der Waals surface area contributed by atoms with Crippen LogP contribution >= 0.6 is 0 Å². The minimum absolute atomic E-state index is 0.168. The van der Waals surface area contributed by atoms with Crippen molar-refractivity contribution in [1.29, 1.82) is 0 Å². The fourth-order valence-corrected chi connectivity index (χ4v) is 2.02. The van der Waals surface area contributed by atoms with Crippen molar-refractivity contribution >= 4 is 11.9 Å². The van der Waals surface area contributed by atoms with E-state index in [0.29, 0.717) is 13.0 Å². The molecule has 0 bridgehead atoms. The zero-order valence-electron chi connectivity index (χ0n) is 11.8. The van der Waals surface area contributed by atoms with Crippen molar-refractivity contribution in [3.63, 3.8) is 0 Å². The van der Waals surface area contributed by atoms with E-state index in [-0.39, 0.29) is 12.3 Å². The van der Waals surface area contributed by atoms with E-state index in [9.17, 15) is 9.59 Å². The molecule has 1 amide bonds. The van der Waals surface area contributed by atoms with Crippen molar-refractivity contribution < 1.29 is 19.1 Å². The molecule has 0 aliphatic rings. The van der Waals surface area contributed by atoms with E-state index in [1.807, 2.05) is 37.3 Å². The van der Waals surface area contributed by atoms with Gasteiger partial charge in [0.25, 0.3) is 5.91 Å². The molecule has 0 unspecified atom stereocenters. The van der Waals surface area contributed by atoms with Gasteiger partial charge in [-0.1, -0.05) is 30.3 Å². The summed E-state index contributed by atoms with van der Waals surface area (Å²) in [5, 5.41) is 8.96. The molecular weight excluding hydrogens is 270 g/mol. The van der Waals surface area contributed by atoms with E-state index in [1.165, 1.54) is 11.2 Å². The Morgan fingerprint density at radius 2 is 1.95 bits per heavy atom. The van der Waals surface area contributed by atoms with Gasteiger partial charge in [0.15, 0.2) is 5.76 Å². The average molecular weight is 287 g/mol. The van der Waals surface area contributed by atoms with E-state index in [0.717, 1.165) is 11.1 Å². The van der Waals surface area contributed by atoms with Crippen LogP contribution in [0.4, 0.5) is 0 Å². The number of carbonyl (C=O) groups is 2. The number of carboxylic acid groups (broad SMARTS) is 1. The molecule has 0 atom stereocenters. The van der Waals surface area contributed by atoms with Gasteiger partial charge in [0.2, 0.25) is 0 Å². The van der Waals surface area contributed by atoms with E-state index >= 15 is 0 Å². The van der Waals surface area contributed by atoms with Gasteiger partial charge in [-0.15, -0.1) is 0 Å². The highest BCUT2D eigenvalue weighted by atomic mass is 16.4. The second-order valence-corrected chi connectivity index (χ2v) is 4.84. The van der Waals surface area contributed by atoms with Crippen molar-refractivity contribution in [2.24, 2.45) is 0 Å². The number of aryl methyl sites for hydroxylation is 1. The summed E-state index contributed by atoms with van der Waals surface area (Å²) in [6.07, 6.45) is 2.07. The summed E-state index contributed by atoms with van der Waals surface area (Å²) in [6, 6.07) is 11.2. The third-order valence-corrected chi connectivity index (χ3v) is 3.07. The van der Waals surface area contributed by atoms with Gasteiger partial charge in [0, 0.05) is 6.54 Å². The quantitative estimate of drug-likeness (QED) is 0.885. The van der Waals surface area contributed by atoms with Gasteiger partial charge >= 0.3 is 5.97 Å². The first kappa shape index (κ1) is 14.8. The van der Waals surface area contributed by atoms with Crippen LogP contribution in [0.3, 0.4) is 0 Å². The van der Waals surface area contributed by atoms with Crippen molar-refractivity contribution in [2.75, 3.05) is 13.1 Å². The van der Waals surface area contributed by atoms with Crippen molar-refractivity contribution in [3.05, 3.63) is 59.5 Å². The molecule has 1 aromatic heterocycles. The lowest BCUT2D eigenvalue weighted by Gasteiger charge is -2.19. The molecule has 1 aromatic carbocycles. The number of carboxylic acids is 1. The van der Waals surface area contributed by atoms with Gasteiger partial charge in [-0.25, -0.2) is 0 Å². The number of hydrogen-bond donors (Lipinski definition) is 1. The van der Waals surface area contributed by atoms with Crippen LogP contribution in [0.15, 0.2) is 47.1 Å². The topological polar surface area (TPSA) is 70.8 Å². The molecule has 0 aliphatic heterocycles. The van der Waals surface area contributed by atoms with Crippen LogP contribution in [0.2, 0.25) is 0 Å². The van der Waals surface area contributed by atoms with Crippen LogP contribution in [-0.4, -0.2) is 35.0 Å². The summed E-state index contributed by atoms with van der Waals surface area (Å²) < 4.78 is 5.16. The number of aliphatic carboxylic acids is 1. The number of carbonyl (C=O) groups excluding carboxylic acids is 1. The Hall–Kier alpha value is -2.56. The molecule has 0 saturated carbocycles. The zero-order chi connectivity index (χ0) is 15.2. The molecule has 0 radical (unpaired) electrons. The molecular formula is C16H17NO4. The van der Waals surface area contributed by atoms with E-state index in [4.69, 9.17) is 9.52 Å². The monoisotopic (exact) mass is 287 g/mol. The van der Waals surface area contributed by atoms with Crippen molar-refractivity contribution in [3.8, 4) is 0 Å². The molecule has 1 heterocycles. The number of nitrogens with zero attached hydrogens (tertiary/aromatic N) is 1. The standard InChI is InChI=1S/C16H17NO4/c1-12-9-14(21-11-12)16(20)17(10-15(18)19)8-7-13-5-3-2-4-6-13/h2-6,9,11H,7-8,10H2,1H3,(H,18,19). The minimum atomic E-state index is -1.04. The summed E-state index contributed by atoms with van der Waals surface area (Å²) in [5.41, 5.74) is 1.88. The lowest BCUT2D eigenvalue weighted by atomic mass is 10.1. The Balaban J connectivity index is 2.07. The predicted molar refractivity (Wildman–Crippen MR) is 77.1 cm³/mol. The van der Waals surface area contributed by atoms with Gasteiger partial charge < -0.3 is 14.4 Å². The largest absolute Gasteiger partial charge is 0.480 e. The maximum atomic E-state index is 12.3. The second kappa shape index (κ2) is 6.74. The average Bonchev–Trinajstić information content (AvgIpc) is 2.90. The van der Waals surface area contributed by atoms with Gasteiger partial charge in [0.1, 0.15) is 6.54 Å². The molecule has 2 aromatic rings. The van der Waals surface area contributed by atoms with Gasteiger partial charge in [-0.05, 0) is 30.5 Å². The lowest BCUT2D eigenvalue weighted by Crippen LogP contribution is -2.37. The number of hydrogen-bond acceptors (Lipinski definition) is 3. The van der Waals surface area contributed by atoms with Gasteiger partial charge in [-0.3, -0.25) is 9.59 Å². The first-order valence-corrected chi connectivity index (χ1v) is 6.66. The van der Waals surface area contributed by atoms with Crippen molar-refractivity contribution in [2.45, 2.75) is 13.3 Å². The van der Waals surface area contributed by atoms with E-state index in [1.54, 1.807) is 6.07 Å². The molecule has 21 heavy (non-hydrogen) atoms. The Morgan fingerprint density at radius 3 is 2.52 bits per heavy atom. The highest BCUT2D eigenvalue weighted by Crippen LogP contribution is 2.11. The summed E-state index contributed by atoms with van der Waals surface area (Å²) in [7, 11) is 0. The van der Waals surface area contributed by atoms with Crippen molar-refractivity contribution in [1.82, 2.24) is 4.90 Å². The number of amides is 1. The van der Waals surface area contributed by atoms with Crippen LogP contribution in [-0.2, 0) is 11.2 Å². The molecule has 2 rings (SSSR count). The lowest BCUT2D eigenvalue weighted by molar-refractivity contribution is -0.137.